The lowest BCUT2D eigenvalue weighted by Crippen LogP contribution is -2.45. The van der Waals surface area contributed by atoms with Crippen molar-refractivity contribution in [1.29, 1.82) is 0 Å². The van der Waals surface area contributed by atoms with Gasteiger partial charge in [-0.25, -0.2) is 0 Å². The van der Waals surface area contributed by atoms with Gasteiger partial charge in [0, 0.05) is 17.0 Å². The molecule has 1 fully saturated rings. The Morgan fingerprint density at radius 1 is 1.29 bits per heavy atom. The molecule has 1 aliphatic rings. The van der Waals surface area contributed by atoms with E-state index in [9.17, 15) is 4.79 Å². The summed E-state index contributed by atoms with van der Waals surface area (Å²) < 4.78 is 5.69. The summed E-state index contributed by atoms with van der Waals surface area (Å²) in [6.45, 7) is 1.78. The fourth-order valence-electron chi connectivity index (χ4n) is 2.49. The van der Waals surface area contributed by atoms with Crippen molar-refractivity contribution >= 4 is 17.7 Å². The van der Waals surface area contributed by atoms with Gasteiger partial charge in [-0.2, -0.15) is 0 Å². The SMILES string of the molecule is CSc1ccc(OC(C)C(=O)NC2CCC(N)CC2)cc1. The first-order valence-electron chi connectivity index (χ1n) is 7.45. The minimum atomic E-state index is -0.485. The molecule has 0 saturated heterocycles. The zero-order chi connectivity index (χ0) is 15.2. The largest absolute Gasteiger partial charge is 0.481 e. The van der Waals surface area contributed by atoms with E-state index in [0.29, 0.717) is 6.04 Å². The molecule has 2 rings (SSSR count). The highest BCUT2D eigenvalue weighted by Gasteiger charge is 2.23. The molecule has 0 spiro atoms. The number of carbonyl (C=O) groups is 1. The first-order valence-corrected chi connectivity index (χ1v) is 8.67. The van der Waals surface area contributed by atoms with E-state index < -0.39 is 6.10 Å². The lowest BCUT2D eigenvalue weighted by atomic mass is 9.92. The second-order valence-electron chi connectivity index (χ2n) is 5.56. The van der Waals surface area contributed by atoms with Crippen molar-refractivity contribution in [2.75, 3.05) is 6.26 Å². The molecule has 0 heterocycles. The molecule has 3 N–H and O–H groups in total. The topological polar surface area (TPSA) is 64.3 Å². The fraction of sp³-hybridized carbons (Fsp3) is 0.562. The number of amides is 1. The molecule has 5 heteroatoms. The number of rotatable bonds is 5. The van der Waals surface area contributed by atoms with Crippen molar-refractivity contribution in [1.82, 2.24) is 5.32 Å². The van der Waals surface area contributed by atoms with Gasteiger partial charge in [-0.3, -0.25) is 4.79 Å². The van der Waals surface area contributed by atoms with Crippen molar-refractivity contribution in [3.05, 3.63) is 24.3 Å². The standard InChI is InChI=1S/C16H24N2O2S/c1-11(20-14-7-9-15(21-2)10-8-14)16(19)18-13-5-3-12(17)4-6-13/h7-13H,3-6,17H2,1-2H3,(H,18,19). The summed E-state index contributed by atoms with van der Waals surface area (Å²) in [6.07, 6.45) is 5.43. The van der Waals surface area contributed by atoms with E-state index in [1.165, 1.54) is 4.90 Å². The maximum Gasteiger partial charge on any atom is 0.260 e. The second kappa shape index (κ2) is 7.71. The van der Waals surface area contributed by atoms with E-state index in [2.05, 4.69) is 5.32 Å². The van der Waals surface area contributed by atoms with Gasteiger partial charge in [0.1, 0.15) is 5.75 Å². The summed E-state index contributed by atoms with van der Waals surface area (Å²) >= 11 is 1.68. The molecule has 1 aromatic carbocycles. The Kier molecular flexibility index (Phi) is 5.94. The molecule has 4 nitrogen and oxygen atoms in total. The van der Waals surface area contributed by atoms with Crippen LogP contribution in [0, 0.1) is 0 Å². The van der Waals surface area contributed by atoms with E-state index in [-0.39, 0.29) is 11.9 Å². The normalized spacial score (nSPS) is 23.4. The zero-order valence-corrected chi connectivity index (χ0v) is 13.5. The minimum absolute atomic E-state index is 0.0515. The van der Waals surface area contributed by atoms with Gasteiger partial charge in [0.25, 0.3) is 5.91 Å². The third-order valence-electron chi connectivity index (χ3n) is 3.86. The summed E-state index contributed by atoms with van der Waals surface area (Å²) in [5.74, 6) is 0.672. The highest BCUT2D eigenvalue weighted by molar-refractivity contribution is 7.98. The molecule has 1 aliphatic carbocycles. The number of hydrogen-bond acceptors (Lipinski definition) is 4. The van der Waals surface area contributed by atoms with E-state index in [4.69, 9.17) is 10.5 Å². The first-order chi connectivity index (χ1) is 10.1. The van der Waals surface area contributed by atoms with Crippen molar-refractivity contribution < 1.29 is 9.53 Å². The van der Waals surface area contributed by atoms with Crippen LogP contribution in [0.2, 0.25) is 0 Å². The zero-order valence-electron chi connectivity index (χ0n) is 12.7. The van der Waals surface area contributed by atoms with E-state index >= 15 is 0 Å². The van der Waals surface area contributed by atoms with Crippen molar-refractivity contribution in [2.45, 2.75) is 55.7 Å². The predicted octanol–water partition coefficient (Wildman–Crippen LogP) is 2.56. The Labute approximate surface area is 130 Å². The molecule has 0 radical (unpaired) electrons. The van der Waals surface area contributed by atoms with Crippen LogP contribution >= 0.6 is 11.8 Å². The van der Waals surface area contributed by atoms with E-state index in [1.54, 1.807) is 18.7 Å². The highest BCUT2D eigenvalue weighted by atomic mass is 32.2. The minimum Gasteiger partial charge on any atom is -0.481 e. The monoisotopic (exact) mass is 308 g/mol. The number of thioether (sulfide) groups is 1. The maximum absolute atomic E-state index is 12.1. The van der Waals surface area contributed by atoms with Gasteiger partial charge in [0.05, 0.1) is 0 Å². The molecule has 0 aromatic heterocycles. The lowest BCUT2D eigenvalue weighted by Gasteiger charge is -2.27. The highest BCUT2D eigenvalue weighted by Crippen LogP contribution is 2.20. The fourth-order valence-corrected chi connectivity index (χ4v) is 2.90. The number of benzene rings is 1. The van der Waals surface area contributed by atoms with Crippen LogP contribution in [-0.2, 0) is 4.79 Å². The van der Waals surface area contributed by atoms with Gasteiger partial charge in [-0.05, 0) is 63.1 Å². The molecular formula is C16H24N2O2S. The summed E-state index contributed by atoms with van der Waals surface area (Å²) in [6, 6.07) is 8.31. The molecule has 1 amide bonds. The molecule has 116 valence electrons. The number of nitrogens with two attached hydrogens (primary N) is 1. The Morgan fingerprint density at radius 2 is 1.90 bits per heavy atom. The van der Waals surface area contributed by atoms with Gasteiger partial charge < -0.3 is 15.8 Å². The van der Waals surface area contributed by atoms with E-state index in [1.807, 2.05) is 30.5 Å². The van der Waals surface area contributed by atoms with Gasteiger partial charge in [0.15, 0.2) is 6.10 Å². The summed E-state index contributed by atoms with van der Waals surface area (Å²) in [5.41, 5.74) is 5.87. The van der Waals surface area contributed by atoms with Crippen molar-refractivity contribution in [3.8, 4) is 5.75 Å². The molecule has 1 unspecified atom stereocenters. The van der Waals surface area contributed by atoms with Crippen LogP contribution in [0.4, 0.5) is 0 Å². The second-order valence-corrected chi connectivity index (χ2v) is 6.44. The van der Waals surface area contributed by atoms with Crippen LogP contribution in [0.15, 0.2) is 29.2 Å². The Bertz CT molecular complexity index is 456. The van der Waals surface area contributed by atoms with Crippen LogP contribution in [0.1, 0.15) is 32.6 Å². The Hall–Kier alpha value is -1.20. The molecule has 21 heavy (non-hydrogen) atoms. The molecule has 1 atom stereocenters. The first kappa shape index (κ1) is 16.2. The van der Waals surface area contributed by atoms with Crippen LogP contribution < -0.4 is 15.8 Å². The van der Waals surface area contributed by atoms with Crippen molar-refractivity contribution in [2.24, 2.45) is 5.73 Å². The molecule has 1 saturated carbocycles. The van der Waals surface area contributed by atoms with E-state index in [0.717, 1.165) is 31.4 Å². The van der Waals surface area contributed by atoms with Crippen LogP contribution in [-0.4, -0.2) is 30.4 Å². The van der Waals surface area contributed by atoms with Crippen molar-refractivity contribution in [3.63, 3.8) is 0 Å². The summed E-state index contributed by atoms with van der Waals surface area (Å²) in [5, 5.41) is 3.06. The van der Waals surface area contributed by atoms with Gasteiger partial charge in [-0.1, -0.05) is 0 Å². The number of hydrogen-bond donors (Lipinski definition) is 2. The molecule has 0 bridgehead atoms. The maximum atomic E-state index is 12.1. The summed E-state index contributed by atoms with van der Waals surface area (Å²) in [4.78, 5) is 13.3. The number of ether oxygens (including phenoxy) is 1. The van der Waals surface area contributed by atoms with Gasteiger partial charge in [0.2, 0.25) is 0 Å². The van der Waals surface area contributed by atoms with Gasteiger partial charge >= 0.3 is 0 Å². The lowest BCUT2D eigenvalue weighted by molar-refractivity contribution is -0.128. The van der Waals surface area contributed by atoms with Crippen LogP contribution in [0.5, 0.6) is 5.75 Å². The third kappa shape index (κ3) is 4.93. The predicted molar refractivity (Wildman–Crippen MR) is 86.7 cm³/mol. The average molecular weight is 308 g/mol. The Morgan fingerprint density at radius 3 is 2.48 bits per heavy atom. The molecule has 1 aromatic rings. The number of carbonyl (C=O) groups excluding carboxylic acids is 1. The average Bonchev–Trinajstić information content (AvgIpc) is 2.50. The third-order valence-corrected chi connectivity index (χ3v) is 4.60. The van der Waals surface area contributed by atoms with Gasteiger partial charge in [-0.15, -0.1) is 11.8 Å². The smallest absolute Gasteiger partial charge is 0.260 e. The Balaban J connectivity index is 1.81. The van der Waals surface area contributed by atoms with Crippen LogP contribution in [0.25, 0.3) is 0 Å². The molecular weight excluding hydrogens is 284 g/mol. The summed E-state index contributed by atoms with van der Waals surface area (Å²) in [7, 11) is 0. The number of nitrogens with one attached hydrogen (secondary N) is 1. The quantitative estimate of drug-likeness (QED) is 0.821. The van der Waals surface area contributed by atoms with Crippen LogP contribution in [0.3, 0.4) is 0 Å². The molecule has 0 aliphatic heterocycles.